The summed E-state index contributed by atoms with van der Waals surface area (Å²) in [6.07, 6.45) is 0.838. The first-order valence-corrected chi connectivity index (χ1v) is 10.5. The van der Waals surface area contributed by atoms with E-state index in [1.165, 1.54) is 33.7 Å². The van der Waals surface area contributed by atoms with Crippen LogP contribution in [0.25, 0.3) is 6.08 Å². The van der Waals surface area contributed by atoms with Gasteiger partial charge in [0.15, 0.2) is 0 Å². The SMILES string of the molecule is CC(C(=O)N(C)CC(O)c1ccc(O)cc1)N1C(=O)C(=Cc2ccccc2)SC1=S. The number of hydrogen-bond donors (Lipinski definition) is 2. The van der Waals surface area contributed by atoms with Crippen molar-refractivity contribution in [3.05, 3.63) is 70.6 Å². The summed E-state index contributed by atoms with van der Waals surface area (Å²) in [5, 5.41) is 19.8. The van der Waals surface area contributed by atoms with E-state index in [-0.39, 0.29) is 24.1 Å². The molecule has 2 unspecified atom stereocenters. The van der Waals surface area contributed by atoms with E-state index in [2.05, 4.69) is 0 Å². The van der Waals surface area contributed by atoms with E-state index < -0.39 is 12.1 Å². The molecule has 2 atom stereocenters. The van der Waals surface area contributed by atoms with Gasteiger partial charge in [-0.3, -0.25) is 14.5 Å². The van der Waals surface area contributed by atoms with Crippen molar-refractivity contribution >= 4 is 46.2 Å². The molecule has 0 radical (unpaired) electrons. The third-order valence-corrected chi connectivity index (χ3v) is 6.10. The van der Waals surface area contributed by atoms with E-state index in [0.29, 0.717) is 14.8 Å². The van der Waals surface area contributed by atoms with Gasteiger partial charge < -0.3 is 15.1 Å². The highest BCUT2D eigenvalue weighted by Crippen LogP contribution is 2.34. The maximum Gasteiger partial charge on any atom is 0.266 e. The first-order chi connectivity index (χ1) is 14.3. The van der Waals surface area contributed by atoms with Crippen molar-refractivity contribution in [3.63, 3.8) is 0 Å². The van der Waals surface area contributed by atoms with Gasteiger partial charge in [-0.1, -0.05) is 66.4 Å². The van der Waals surface area contributed by atoms with Gasteiger partial charge in [0.25, 0.3) is 5.91 Å². The van der Waals surface area contributed by atoms with Crippen molar-refractivity contribution in [2.45, 2.75) is 19.1 Å². The van der Waals surface area contributed by atoms with Crippen LogP contribution in [0.4, 0.5) is 0 Å². The lowest BCUT2D eigenvalue weighted by molar-refractivity contribution is -0.139. The van der Waals surface area contributed by atoms with Gasteiger partial charge in [0, 0.05) is 7.05 Å². The lowest BCUT2D eigenvalue weighted by Crippen LogP contribution is -2.48. The molecular weight excluding hydrogens is 420 g/mol. The van der Waals surface area contributed by atoms with E-state index >= 15 is 0 Å². The molecule has 0 aliphatic carbocycles. The van der Waals surface area contributed by atoms with Crippen LogP contribution in [-0.4, -0.2) is 55.8 Å². The summed E-state index contributed by atoms with van der Waals surface area (Å²) in [5.41, 5.74) is 1.46. The molecule has 156 valence electrons. The molecule has 6 nitrogen and oxygen atoms in total. The highest BCUT2D eigenvalue weighted by atomic mass is 32.2. The Balaban J connectivity index is 1.68. The molecule has 30 heavy (non-hydrogen) atoms. The molecule has 8 heteroatoms. The monoisotopic (exact) mass is 442 g/mol. The maximum absolute atomic E-state index is 12.9. The number of carbonyl (C=O) groups is 2. The van der Waals surface area contributed by atoms with E-state index in [0.717, 1.165) is 5.56 Å². The number of rotatable bonds is 6. The first kappa shape index (κ1) is 22.0. The fourth-order valence-electron chi connectivity index (χ4n) is 3.09. The van der Waals surface area contributed by atoms with Gasteiger partial charge in [-0.2, -0.15) is 0 Å². The van der Waals surface area contributed by atoms with Crippen molar-refractivity contribution in [2.75, 3.05) is 13.6 Å². The minimum atomic E-state index is -0.920. The summed E-state index contributed by atoms with van der Waals surface area (Å²) in [5.74, 6) is -0.533. The normalized spacial score (nSPS) is 17.3. The van der Waals surface area contributed by atoms with Crippen LogP contribution in [0.1, 0.15) is 24.2 Å². The van der Waals surface area contributed by atoms with Crippen LogP contribution < -0.4 is 0 Å². The minimum absolute atomic E-state index is 0.0442. The summed E-state index contributed by atoms with van der Waals surface area (Å²) in [4.78, 5) is 28.9. The number of thiocarbonyl (C=S) groups is 1. The maximum atomic E-state index is 12.9. The predicted octanol–water partition coefficient (Wildman–Crippen LogP) is 3.17. The van der Waals surface area contributed by atoms with Gasteiger partial charge in [0.1, 0.15) is 16.1 Å². The Morgan fingerprint density at radius 3 is 2.47 bits per heavy atom. The topological polar surface area (TPSA) is 81.1 Å². The number of aliphatic hydroxyl groups is 1. The number of carbonyl (C=O) groups excluding carboxylic acids is 2. The quantitative estimate of drug-likeness (QED) is 0.528. The zero-order valence-electron chi connectivity index (χ0n) is 16.6. The number of amides is 2. The lowest BCUT2D eigenvalue weighted by atomic mass is 10.1. The van der Waals surface area contributed by atoms with E-state index in [1.54, 1.807) is 32.2 Å². The number of nitrogens with zero attached hydrogens (tertiary/aromatic N) is 2. The third-order valence-electron chi connectivity index (χ3n) is 4.77. The second kappa shape index (κ2) is 9.42. The highest BCUT2D eigenvalue weighted by molar-refractivity contribution is 8.26. The first-order valence-electron chi connectivity index (χ1n) is 9.32. The van der Waals surface area contributed by atoms with Crippen LogP contribution in [0, 0.1) is 0 Å². The van der Waals surface area contributed by atoms with Crippen molar-refractivity contribution in [1.29, 1.82) is 0 Å². The Morgan fingerprint density at radius 2 is 1.83 bits per heavy atom. The van der Waals surface area contributed by atoms with Gasteiger partial charge >= 0.3 is 0 Å². The summed E-state index contributed by atoms with van der Waals surface area (Å²) in [6, 6.07) is 14.8. The van der Waals surface area contributed by atoms with Gasteiger partial charge in [-0.05, 0) is 36.3 Å². The Bertz CT molecular complexity index is 976. The van der Waals surface area contributed by atoms with E-state index in [4.69, 9.17) is 12.2 Å². The standard InChI is InChI=1S/C22H22N2O4S2/c1-14(20(27)23(2)13-18(26)16-8-10-17(25)11-9-16)24-21(28)19(30-22(24)29)12-15-6-4-3-5-7-15/h3-12,14,18,25-26H,13H2,1-2H3. The van der Waals surface area contributed by atoms with Crippen LogP contribution in [0.15, 0.2) is 59.5 Å². The molecule has 2 aromatic rings. The number of likely N-dealkylation sites (N-methyl/N-ethyl adjacent to an activating group) is 1. The molecule has 0 spiro atoms. The fourth-order valence-corrected chi connectivity index (χ4v) is 4.51. The Kier molecular flexibility index (Phi) is 6.91. The number of aliphatic hydroxyl groups excluding tert-OH is 1. The van der Waals surface area contributed by atoms with E-state index in [9.17, 15) is 19.8 Å². The van der Waals surface area contributed by atoms with Crippen LogP contribution in [0.2, 0.25) is 0 Å². The second-order valence-corrected chi connectivity index (χ2v) is 8.64. The zero-order chi connectivity index (χ0) is 21.8. The Labute approximate surface area is 184 Å². The second-order valence-electron chi connectivity index (χ2n) is 6.96. The number of aromatic hydroxyl groups is 1. The number of hydrogen-bond acceptors (Lipinski definition) is 6. The molecule has 3 rings (SSSR count). The molecule has 1 aliphatic rings. The van der Waals surface area contributed by atoms with E-state index in [1.807, 2.05) is 30.3 Å². The molecule has 1 heterocycles. The molecular formula is C22H22N2O4S2. The van der Waals surface area contributed by atoms with Gasteiger partial charge in [-0.25, -0.2) is 0 Å². The highest BCUT2D eigenvalue weighted by Gasteiger charge is 2.39. The van der Waals surface area contributed by atoms with Crippen molar-refractivity contribution in [1.82, 2.24) is 9.80 Å². The minimum Gasteiger partial charge on any atom is -0.508 e. The summed E-state index contributed by atoms with van der Waals surface area (Å²) in [6.45, 7) is 1.67. The summed E-state index contributed by atoms with van der Waals surface area (Å²) < 4.78 is 0.329. The summed E-state index contributed by atoms with van der Waals surface area (Å²) >= 11 is 6.52. The predicted molar refractivity (Wildman–Crippen MR) is 122 cm³/mol. The number of phenolic OH excluding ortho intramolecular Hbond substituents is 1. The van der Waals surface area contributed by atoms with Crippen molar-refractivity contribution in [2.24, 2.45) is 0 Å². The smallest absolute Gasteiger partial charge is 0.266 e. The molecule has 1 saturated heterocycles. The van der Waals surface area contributed by atoms with Crippen LogP contribution in [0.5, 0.6) is 5.75 Å². The molecule has 1 aliphatic heterocycles. The van der Waals surface area contributed by atoms with Crippen molar-refractivity contribution in [3.8, 4) is 5.75 Å². The van der Waals surface area contributed by atoms with Crippen LogP contribution in [-0.2, 0) is 9.59 Å². The number of benzene rings is 2. The Hall–Kier alpha value is -2.68. The average Bonchev–Trinajstić information content (AvgIpc) is 3.01. The molecule has 0 aromatic heterocycles. The van der Waals surface area contributed by atoms with Gasteiger partial charge in [-0.15, -0.1) is 0 Å². The number of phenols is 1. The molecule has 2 amide bonds. The number of thioether (sulfide) groups is 1. The largest absolute Gasteiger partial charge is 0.508 e. The van der Waals surface area contributed by atoms with Crippen molar-refractivity contribution < 1.29 is 19.8 Å². The third kappa shape index (κ3) is 4.89. The lowest BCUT2D eigenvalue weighted by Gasteiger charge is -2.28. The molecule has 0 bridgehead atoms. The van der Waals surface area contributed by atoms with Crippen LogP contribution >= 0.6 is 24.0 Å². The Morgan fingerprint density at radius 1 is 1.20 bits per heavy atom. The fraction of sp³-hybridized carbons (Fsp3) is 0.227. The van der Waals surface area contributed by atoms with Crippen LogP contribution in [0.3, 0.4) is 0 Å². The molecule has 2 N–H and O–H groups in total. The molecule has 2 aromatic carbocycles. The average molecular weight is 443 g/mol. The van der Waals surface area contributed by atoms with Gasteiger partial charge in [0.2, 0.25) is 5.91 Å². The molecule has 1 fully saturated rings. The van der Waals surface area contributed by atoms with Gasteiger partial charge in [0.05, 0.1) is 17.6 Å². The summed E-state index contributed by atoms with van der Waals surface area (Å²) in [7, 11) is 1.57. The zero-order valence-corrected chi connectivity index (χ0v) is 18.2. The molecule has 0 saturated carbocycles.